The first kappa shape index (κ1) is 19.7. The molecule has 0 aliphatic heterocycles. The number of rotatable bonds is 6. The van der Waals surface area contributed by atoms with E-state index in [0.29, 0.717) is 11.5 Å². The molecule has 0 atom stereocenters. The van der Waals surface area contributed by atoms with Crippen LogP contribution in [0, 0.1) is 0 Å². The number of nitrogens with zero attached hydrogens (tertiary/aromatic N) is 5. The first-order valence-electron chi connectivity index (χ1n) is 10.7. The third-order valence-corrected chi connectivity index (χ3v) is 6.33. The van der Waals surface area contributed by atoms with Gasteiger partial charge in [0.25, 0.3) is 0 Å². The fraction of sp³-hybridized carbons (Fsp3) is 0.125. The fourth-order valence-electron chi connectivity index (χ4n) is 3.86. The Morgan fingerprint density at radius 1 is 1.00 bits per heavy atom. The lowest BCUT2D eigenvalue weighted by molar-refractivity contribution is 0.724. The van der Waals surface area contributed by atoms with Crippen molar-refractivity contribution in [2.24, 2.45) is 0 Å². The number of aromatic amines is 2. The number of H-pyrrole nitrogens is 2. The van der Waals surface area contributed by atoms with Gasteiger partial charge in [0.15, 0.2) is 11.5 Å². The molecule has 6 rings (SSSR count). The van der Waals surface area contributed by atoms with Gasteiger partial charge in [0.05, 0.1) is 21.6 Å². The Labute approximate surface area is 193 Å². The van der Waals surface area contributed by atoms with E-state index in [1.54, 1.807) is 17.5 Å². The summed E-state index contributed by atoms with van der Waals surface area (Å²) >= 11 is 1.64. The molecule has 0 aromatic carbocycles. The number of imidazole rings is 1. The molecule has 0 saturated heterocycles. The van der Waals surface area contributed by atoms with E-state index in [-0.39, 0.29) is 0 Å². The SMILES string of the molecule is CCNCc1cncc(-c2ccc3[nH]nc(-c4nc5c(-c6cccs6)nccc5[nH]4)c3n2)c1. The summed E-state index contributed by atoms with van der Waals surface area (Å²) in [5.74, 6) is 0.658. The second-order valence-corrected chi connectivity index (χ2v) is 8.59. The predicted molar refractivity (Wildman–Crippen MR) is 131 cm³/mol. The van der Waals surface area contributed by atoms with Crippen molar-refractivity contribution >= 4 is 33.4 Å². The molecule has 9 heteroatoms. The molecule has 3 N–H and O–H groups in total. The molecule has 0 aliphatic rings. The molecule has 0 amide bonds. The molecule has 8 nitrogen and oxygen atoms in total. The molecule has 162 valence electrons. The first-order valence-corrected chi connectivity index (χ1v) is 11.6. The van der Waals surface area contributed by atoms with E-state index < -0.39 is 0 Å². The summed E-state index contributed by atoms with van der Waals surface area (Å²) in [5, 5.41) is 13.0. The van der Waals surface area contributed by atoms with E-state index in [1.165, 1.54) is 0 Å². The van der Waals surface area contributed by atoms with E-state index >= 15 is 0 Å². The quantitative estimate of drug-likeness (QED) is 0.335. The molecular formula is C24H20N8S. The van der Waals surface area contributed by atoms with Gasteiger partial charge in [0.2, 0.25) is 0 Å². The van der Waals surface area contributed by atoms with Crippen molar-refractivity contribution < 1.29 is 0 Å². The highest BCUT2D eigenvalue weighted by Crippen LogP contribution is 2.32. The Hall–Kier alpha value is -3.95. The second kappa shape index (κ2) is 8.19. The predicted octanol–water partition coefficient (Wildman–Crippen LogP) is 4.80. The van der Waals surface area contributed by atoms with Crippen LogP contribution in [0.5, 0.6) is 0 Å². The van der Waals surface area contributed by atoms with Gasteiger partial charge in [-0.3, -0.25) is 15.1 Å². The first-order chi connectivity index (χ1) is 16.3. The molecule has 6 aromatic rings. The van der Waals surface area contributed by atoms with Gasteiger partial charge in [-0.25, -0.2) is 9.97 Å². The average Bonchev–Trinajstić information content (AvgIpc) is 3.61. The molecule has 0 bridgehead atoms. The molecular weight excluding hydrogens is 432 g/mol. The summed E-state index contributed by atoms with van der Waals surface area (Å²) < 4.78 is 0. The highest BCUT2D eigenvalue weighted by atomic mass is 32.1. The van der Waals surface area contributed by atoms with Crippen LogP contribution >= 0.6 is 11.3 Å². The summed E-state index contributed by atoms with van der Waals surface area (Å²) in [4.78, 5) is 23.2. The monoisotopic (exact) mass is 452 g/mol. The Morgan fingerprint density at radius 2 is 1.94 bits per heavy atom. The largest absolute Gasteiger partial charge is 0.336 e. The van der Waals surface area contributed by atoms with Crippen molar-refractivity contribution in [3.05, 3.63) is 65.9 Å². The summed E-state index contributed by atoms with van der Waals surface area (Å²) in [7, 11) is 0. The number of fused-ring (bicyclic) bond motifs is 2. The van der Waals surface area contributed by atoms with E-state index in [2.05, 4.69) is 49.5 Å². The van der Waals surface area contributed by atoms with Gasteiger partial charge in [0, 0.05) is 30.7 Å². The van der Waals surface area contributed by atoms with Gasteiger partial charge in [-0.1, -0.05) is 13.0 Å². The topological polar surface area (TPSA) is 108 Å². The number of thiophene rings is 1. The minimum Gasteiger partial charge on any atom is -0.336 e. The average molecular weight is 453 g/mol. The van der Waals surface area contributed by atoms with Gasteiger partial charge in [-0.05, 0) is 47.8 Å². The van der Waals surface area contributed by atoms with Crippen LogP contribution in [0.2, 0.25) is 0 Å². The summed E-state index contributed by atoms with van der Waals surface area (Å²) in [6.07, 6.45) is 5.51. The Balaban J connectivity index is 1.44. The van der Waals surface area contributed by atoms with Crippen molar-refractivity contribution in [2.45, 2.75) is 13.5 Å². The maximum atomic E-state index is 4.92. The van der Waals surface area contributed by atoms with E-state index in [4.69, 9.17) is 9.97 Å². The molecule has 6 aromatic heterocycles. The van der Waals surface area contributed by atoms with Gasteiger partial charge < -0.3 is 10.3 Å². The zero-order valence-corrected chi connectivity index (χ0v) is 18.6. The Kier molecular flexibility index (Phi) is 4.89. The molecule has 0 fully saturated rings. The van der Waals surface area contributed by atoms with Crippen molar-refractivity contribution in [2.75, 3.05) is 6.54 Å². The van der Waals surface area contributed by atoms with Crippen LogP contribution in [0.15, 0.2) is 60.4 Å². The number of nitrogens with one attached hydrogen (secondary N) is 3. The lowest BCUT2D eigenvalue weighted by Crippen LogP contribution is -2.11. The molecule has 0 radical (unpaired) electrons. The third kappa shape index (κ3) is 3.57. The molecule has 0 saturated carbocycles. The Morgan fingerprint density at radius 3 is 2.82 bits per heavy atom. The zero-order valence-electron chi connectivity index (χ0n) is 17.8. The standard InChI is InChI=1S/C24H20N8S/c1-2-25-11-14-10-15(13-26-12-14)16-5-6-18-21(28-16)23(32-31-18)24-29-17-7-8-27-22(20(17)30-24)19-4-3-9-33-19/h3-10,12-13,25H,2,11H2,1H3,(H,29,30)(H,31,32). The van der Waals surface area contributed by atoms with E-state index in [0.717, 1.165) is 62.5 Å². The molecule has 33 heavy (non-hydrogen) atoms. The van der Waals surface area contributed by atoms with Crippen LogP contribution in [0.3, 0.4) is 0 Å². The summed E-state index contributed by atoms with van der Waals surface area (Å²) in [6.45, 7) is 3.77. The highest BCUT2D eigenvalue weighted by molar-refractivity contribution is 7.13. The highest BCUT2D eigenvalue weighted by Gasteiger charge is 2.17. The van der Waals surface area contributed by atoms with Crippen LogP contribution in [0.4, 0.5) is 0 Å². The number of aromatic nitrogens is 7. The summed E-state index contributed by atoms with van der Waals surface area (Å²) in [6, 6.07) is 12.1. The van der Waals surface area contributed by atoms with Crippen molar-refractivity contribution in [3.63, 3.8) is 0 Å². The Bertz CT molecular complexity index is 1560. The van der Waals surface area contributed by atoms with Crippen molar-refractivity contribution in [1.29, 1.82) is 0 Å². The second-order valence-electron chi connectivity index (χ2n) is 7.65. The van der Waals surface area contributed by atoms with Crippen LogP contribution in [-0.2, 0) is 6.54 Å². The lowest BCUT2D eigenvalue weighted by atomic mass is 10.1. The molecule has 0 unspecified atom stereocenters. The maximum absolute atomic E-state index is 4.92. The maximum Gasteiger partial charge on any atom is 0.161 e. The molecule has 6 heterocycles. The van der Waals surface area contributed by atoms with Crippen LogP contribution in [0.25, 0.3) is 55.4 Å². The van der Waals surface area contributed by atoms with Crippen molar-refractivity contribution in [1.82, 2.24) is 40.4 Å². The number of pyridine rings is 3. The van der Waals surface area contributed by atoms with E-state index in [9.17, 15) is 0 Å². The zero-order chi connectivity index (χ0) is 22.2. The van der Waals surface area contributed by atoms with Crippen LogP contribution in [0.1, 0.15) is 12.5 Å². The summed E-state index contributed by atoms with van der Waals surface area (Å²) in [5.41, 5.74) is 7.81. The minimum absolute atomic E-state index is 0.658. The molecule has 0 spiro atoms. The van der Waals surface area contributed by atoms with Gasteiger partial charge in [-0.15, -0.1) is 11.3 Å². The third-order valence-electron chi connectivity index (χ3n) is 5.46. The number of hydrogen-bond acceptors (Lipinski definition) is 7. The smallest absolute Gasteiger partial charge is 0.161 e. The minimum atomic E-state index is 0.658. The van der Waals surface area contributed by atoms with Crippen molar-refractivity contribution in [3.8, 4) is 33.3 Å². The fourth-order valence-corrected chi connectivity index (χ4v) is 4.58. The normalized spacial score (nSPS) is 11.5. The molecule has 0 aliphatic carbocycles. The van der Waals surface area contributed by atoms with E-state index in [1.807, 2.05) is 42.0 Å². The van der Waals surface area contributed by atoms with Gasteiger partial charge >= 0.3 is 0 Å². The van der Waals surface area contributed by atoms with Gasteiger partial charge in [-0.2, -0.15) is 5.10 Å². The van der Waals surface area contributed by atoms with Gasteiger partial charge in [0.1, 0.15) is 16.7 Å². The van der Waals surface area contributed by atoms with Crippen LogP contribution in [-0.4, -0.2) is 41.7 Å². The number of hydrogen-bond donors (Lipinski definition) is 3. The lowest BCUT2D eigenvalue weighted by Gasteiger charge is -2.05. The van der Waals surface area contributed by atoms with Crippen LogP contribution < -0.4 is 5.32 Å².